The molecule has 3 rings (SSSR count). The number of H-pyrrole nitrogens is 1. The minimum absolute atomic E-state index is 0.113. The van der Waals surface area contributed by atoms with Crippen molar-refractivity contribution in [2.75, 3.05) is 20.2 Å². The number of aliphatic hydroxyl groups excluding tert-OH is 1. The average Bonchev–Trinajstić information content (AvgIpc) is 2.98. The van der Waals surface area contributed by atoms with Gasteiger partial charge in [0.2, 0.25) is 5.91 Å². The number of methoxy groups -OCH3 is 1. The summed E-state index contributed by atoms with van der Waals surface area (Å²) in [6.45, 7) is 3.24. The van der Waals surface area contributed by atoms with Gasteiger partial charge in [-0.2, -0.15) is 0 Å². The molecule has 0 radical (unpaired) electrons. The number of aromatic amines is 1. The average molecular weight is 316 g/mol. The first-order chi connectivity index (χ1) is 11.1. The molecule has 5 heteroatoms. The highest BCUT2D eigenvalue weighted by Crippen LogP contribution is 2.29. The van der Waals surface area contributed by atoms with Gasteiger partial charge in [-0.1, -0.05) is 6.07 Å². The number of likely N-dealkylation sites (tertiary alicyclic amines) is 1. The third-order valence-electron chi connectivity index (χ3n) is 4.80. The largest absolute Gasteiger partial charge is 0.496 e. The lowest BCUT2D eigenvalue weighted by atomic mass is 9.93. The molecule has 23 heavy (non-hydrogen) atoms. The summed E-state index contributed by atoms with van der Waals surface area (Å²) in [7, 11) is 1.64. The van der Waals surface area contributed by atoms with E-state index in [0.29, 0.717) is 13.0 Å². The molecule has 5 nitrogen and oxygen atoms in total. The van der Waals surface area contributed by atoms with E-state index in [4.69, 9.17) is 4.74 Å². The van der Waals surface area contributed by atoms with E-state index in [9.17, 15) is 9.90 Å². The molecular weight excluding hydrogens is 292 g/mol. The molecule has 2 aromatic rings. The Morgan fingerprint density at radius 3 is 3.09 bits per heavy atom. The van der Waals surface area contributed by atoms with Crippen molar-refractivity contribution in [2.45, 2.75) is 32.3 Å². The van der Waals surface area contributed by atoms with Crippen LogP contribution in [0.25, 0.3) is 10.9 Å². The second kappa shape index (κ2) is 6.62. The lowest BCUT2D eigenvalue weighted by Gasteiger charge is -2.34. The number of piperidine rings is 1. The van der Waals surface area contributed by atoms with E-state index in [0.717, 1.165) is 41.6 Å². The summed E-state index contributed by atoms with van der Waals surface area (Å²) in [4.78, 5) is 17.8. The first-order valence-corrected chi connectivity index (χ1v) is 8.19. The van der Waals surface area contributed by atoms with E-state index in [1.54, 1.807) is 7.11 Å². The predicted molar refractivity (Wildman–Crippen MR) is 89.5 cm³/mol. The number of benzene rings is 1. The molecule has 1 aliphatic rings. The summed E-state index contributed by atoms with van der Waals surface area (Å²) in [5, 5.41) is 10.8. The van der Waals surface area contributed by atoms with Crippen LogP contribution in [0.3, 0.4) is 0 Å². The number of nitrogens with one attached hydrogen (secondary N) is 1. The number of carbonyl (C=O) groups excluding carboxylic acids is 1. The maximum atomic E-state index is 12.7. The van der Waals surface area contributed by atoms with Crippen molar-refractivity contribution >= 4 is 16.8 Å². The predicted octanol–water partition coefficient (Wildman–Crippen LogP) is 2.34. The molecule has 124 valence electrons. The Hall–Kier alpha value is -2.01. The van der Waals surface area contributed by atoms with E-state index in [1.807, 2.05) is 36.2 Å². The SMILES string of the molecule is COc1cccc2[nH]cc(CC(=O)N3CCCC(C(C)O)C3)c12. The molecule has 1 amide bonds. The molecular formula is C18H24N2O3. The monoisotopic (exact) mass is 316 g/mol. The van der Waals surface area contributed by atoms with Gasteiger partial charge in [-0.15, -0.1) is 0 Å². The van der Waals surface area contributed by atoms with Crippen LogP contribution in [0.2, 0.25) is 0 Å². The number of ether oxygens (including phenoxy) is 1. The van der Waals surface area contributed by atoms with Crippen LogP contribution in [0.5, 0.6) is 5.75 Å². The number of hydrogen-bond donors (Lipinski definition) is 2. The third kappa shape index (κ3) is 3.20. The molecule has 0 spiro atoms. The number of rotatable bonds is 4. The fourth-order valence-electron chi connectivity index (χ4n) is 3.43. The number of hydrogen-bond acceptors (Lipinski definition) is 3. The molecule has 1 aliphatic heterocycles. The lowest BCUT2D eigenvalue weighted by Crippen LogP contribution is -2.43. The van der Waals surface area contributed by atoms with Crippen molar-refractivity contribution in [1.82, 2.24) is 9.88 Å². The first-order valence-electron chi connectivity index (χ1n) is 8.19. The van der Waals surface area contributed by atoms with E-state index in [-0.39, 0.29) is 17.9 Å². The Morgan fingerprint density at radius 2 is 2.35 bits per heavy atom. The molecule has 2 N–H and O–H groups in total. The van der Waals surface area contributed by atoms with Gasteiger partial charge in [0.1, 0.15) is 5.75 Å². The molecule has 2 atom stereocenters. The zero-order valence-electron chi connectivity index (χ0n) is 13.7. The molecule has 0 aliphatic carbocycles. The van der Waals surface area contributed by atoms with Crippen LogP contribution < -0.4 is 4.74 Å². The standard InChI is InChI=1S/C18H24N2O3/c1-12(21)13-5-4-8-20(11-13)17(22)9-14-10-19-15-6-3-7-16(23-2)18(14)15/h3,6-7,10,12-13,19,21H,4-5,8-9,11H2,1-2H3. The van der Waals surface area contributed by atoms with Crippen LogP contribution in [0, 0.1) is 5.92 Å². The van der Waals surface area contributed by atoms with Crippen molar-refractivity contribution in [3.63, 3.8) is 0 Å². The smallest absolute Gasteiger partial charge is 0.227 e. The molecule has 2 heterocycles. The minimum Gasteiger partial charge on any atom is -0.496 e. The molecule has 0 bridgehead atoms. The Morgan fingerprint density at radius 1 is 1.52 bits per heavy atom. The number of aromatic nitrogens is 1. The van der Waals surface area contributed by atoms with Gasteiger partial charge in [-0.25, -0.2) is 0 Å². The zero-order valence-corrected chi connectivity index (χ0v) is 13.7. The van der Waals surface area contributed by atoms with E-state index >= 15 is 0 Å². The van der Waals surface area contributed by atoms with Crippen molar-refractivity contribution in [3.05, 3.63) is 30.0 Å². The number of fused-ring (bicyclic) bond motifs is 1. The maximum Gasteiger partial charge on any atom is 0.227 e. The molecule has 1 fully saturated rings. The van der Waals surface area contributed by atoms with Gasteiger partial charge in [0.15, 0.2) is 0 Å². The van der Waals surface area contributed by atoms with Crippen molar-refractivity contribution in [3.8, 4) is 5.75 Å². The molecule has 2 unspecified atom stereocenters. The zero-order chi connectivity index (χ0) is 16.4. The van der Waals surface area contributed by atoms with Crippen molar-refractivity contribution < 1.29 is 14.6 Å². The van der Waals surface area contributed by atoms with Gasteiger partial charge in [-0.3, -0.25) is 4.79 Å². The summed E-state index contributed by atoms with van der Waals surface area (Å²) in [6.07, 6.45) is 3.83. The Labute approximate surface area is 136 Å². The van der Waals surface area contributed by atoms with E-state index in [1.165, 1.54) is 0 Å². The van der Waals surface area contributed by atoms with Crippen molar-refractivity contribution in [1.29, 1.82) is 0 Å². The normalized spacial score (nSPS) is 19.8. The fourth-order valence-corrected chi connectivity index (χ4v) is 3.43. The fraction of sp³-hybridized carbons (Fsp3) is 0.500. The van der Waals surface area contributed by atoms with Gasteiger partial charge in [-0.05, 0) is 37.5 Å². The van der Waals surface area contributed by atoms with Gasteiger partial charge in [0, 0.05) is 36.1 Å². The molecule has 1 saturated heterocycles. The molecule has 1 aromatic heterocycles. The highest BCUT2D eigenvalue weighted by molar-refractivity contribution is 5.93. The summed E-state index contributed by atoms with van der Waals surface area (Å²) in [6, 6.07) is 5.83. The Bertz CT molecular complexity index is 693. The minimum atomic E-state index is -0.362. The number of amides is 1. The highest BCUT2D eigenvalue weighted by atomic mass is 16.5. The van der Waals surface area contributed by atoms with Gasteiger partial charge >= 0.3 is 0 Å². The Kier molecular flexibility index (Phi) is 4.57. The highest BCUT2D eigenvalue weighted by Gasteiger charge is 2.27. The summed E-state index contributed by atoms with van der Waals surface area (Å²) >= 11 is 0. The maximum absolute atomic E-state index is 12.7. The van der Waals surface area contributed by atoms with Crippen LogP contribution in [0.15, 0.2) is 24.4 Å². The number of aliphatic hydroxyl groups is 1. The van der Waals surface area contributed by atoms with Crippen LogP contribution in [-0.4, -0.2) is 47.2 Å². The van der Waals surface area contributed by atoms with E-state index < -0.39 is 0 Å². The van der Waals surface area contributed by atoms with Gasteiger partial charge in [0.05, 0.1) is 19.6 Å². The second-order valence-electron chi connectivity index (χ2n) is 6.36. The van der Waals surface area contributed by atoms with E-state index in [2.05, 4.69) is 4.98 Å². The second-order valence-corrected chi connectivity index (χ2v) is 6.36. The summed E-state index contributed by atoms with van der Waals surface area (Å²) in [5.41, 5.74) is 1.94. The molecule has 1 aromatic carbocycles. The lowest BCUT2D eigenvalue weighted by molar-refractivity contribution is -0.133. The Balaban J connectivity index is 1.78. The first kappa shape index (κ1) is 15.9. The summed E-state index contributed by atoms with van der Waals surface area (Å²) < 4.78 is 5.42. The summed E-state index contributed by atoms with van der Waals surface area (Å²) in [5.74, 6) is 1.08. The number of nitrogens with zero attached hydrogens (tertiary/aromatic N) is 1. The number of carbonyl (C=O) groups is 1. The molecule has 0 saturated carbocycles. The van der Waals surface area contributed by atoms with Crippen LogP contribution >= 0.6 is 0 Å². The van der Waals surface area contributed by atoms with Crippen LogP contribution in [-0.2, 0) is 11.2 Å². The van der Waals surface area contributed by atoms with Crippen LogP contribution in [0.4, 0.5) is 0 Å². The van der Waals surface area contributed by atoms with Gasteiger partial charge < -0.3 is 19.7 Å². The topological polar surface area (TPSA) is 65.6 Å². The third-order valence-corrected chi connectivity index (χ3v) is 4.80. The quantitative estimate of drug-likeness (QED) is 0.910. The van der Waals surface area contributed by atoms with Crippen LogP contribution in [0.1, 0.15) is 25.3 Å². The van der Waals surface area contributed by atoms with Crippen molar-refractivity contribution in [2.24, 2.45) is 5.92 Å². The van der Waals surface area contributed by atoms with Gasteiger partial charge in [0.25, 0.3) is 0 Å².